The molecule has 1 fully saturated rings. The summed E-state index contributed by atoms with van der Waals surface area (Å²) in [6.45, 7) is 1.19. The summed E-state index contributed by atoms with van der Waals surface area (Å²) in [5.74, 6) is -0.978. The molecule has 0 spiro atoms. The smallest absolute Gasteiger partial charge is 0.243 e. The average molecular weight is 288 g/mol. The zero-order valence-corrected chi connectivity index (χ0v) is 10.9. The molecule has 2 amide bonds. The lowest BCUT2D eigenvalue weighted by molar-refractivity contribution is -0.128. The standard InChI is InChI=1S/C12H14FN3O2.ClH/c13-9-2-1-3-10(4-9)16-11(17)7-15-12(18)8-5-14-6-8;/h1-4,8,14H,5-7H2,(H,15,18)(H,16,17);1H. The zero-order valence-electron chi connectivity index (χ0n) is 10.1. The number of hydrogen-bond acceptors (Lipinski definition) is 3. The van der Waals surface area contributed by atoms with Crippen LogP contribution >= 0.6 is 12.4 Å². The first-order valence-corrected chi connectivity index (χ1v) is 5.69. The number of benzene rings is 1. The van der Waals surface area contributed by atoms with Gasteiger partial charge in [0.05, 0.1) is 12.5 Å². The van der Waals surface area contributed by atoms with Crippen LogP contribution < -0.4 is 16.0 Å². The third-order valence-electron chi connectivity index (χ3n) is 2.68. The van der Waals surface area contributed by atoms with Gasteiger partial charge in [-0.05, 0) is 18.2 Å². The molecule has 1 heterocycles. The van der Waals surface area contributed by atoms with Crippen LogP contribution in [-0.2, 0) is 9.59 Å². The van der Waals surface area contributed by atoms with Crippen molar-refractivity contribution in [2.45, 2.75) is 0 Å². The molecule has 0 radical (unpaired) electrons. The highest BCUT2D eigenvalue weighted by Gasteiger charge is 2.24. The summed E-state index contributed by atoms with van der Waals surface area (Å²) in [6.07, 6.45) is 0. The molecule has 1 aliphatic rings. The van der Waals surface area contributed by atoms with E-state index in [-0.39, 0.29) is 36.7 Å². The first-order valence-electron chi connectivity index (χ1n) is 5.69. The highest BCUT2D eigenvalue weighted by molar-refractivity contribution is 5.94. The number of amides is 2. The zero-order chi connectivity index (χ0) is 13.0. The molecule has 0 bridgehead atoms. The van der Waals surface area contributed by atoms with Crippen molar-refractivity contribution in [3.63, 3.8) is 0 Å². The number of rotatable bonds is 4. The minimum atomic E-state index is -0.419. The van der Waals surface area contributed by atoms with Crippen LogP contribution in [0.3, 0.4) is 0 Å². The second-order valence-corrected chi connectivity index (χ2v) is 4.13. The Balaban J connectivity index is 0.00000180. The van der Waals surface area contributed by atoms with Gasteiger partial charge in [-0.1, -0.05) is 6.07 Å². The number of anilines is 1. The van der Waals surface area contributed by atoms with Crippen LogP contribution in [0.4, 0.5) is 10.1 Å². The number of hydrogen-bond donors (Lipinski definition) is 3. The highest BCUT2D eigenvalue weighted by atomic mass is 35.5. The van der Waals surface area contributed by atoms with Crippen LogP contribution in [0.15, 0.2) is 24.3 Å². The Hall–Kier alpha value is -1.66. The van der Waals surface area contributed by atoms with Crippen molar-refractivity contribution in [1.82, 2.24) is 10.6 Å². The third kappa shape index (κ3) is 4.50. The minimum absolute atomic E-state index is 0. The summed E-state index contributed by atoms with van der Waals surface area (Å²) in [5.41, 5.74) is 0.375. The summed E-state index contributed by atoms with van der Waals surface area (Å²) in [4.78, 5) is 22.9. The van der Waals surface area contributed by atoms with Gasteiger partial charge in [-0.3, -0.25) is 9.59 Å². The molecule has 1 aromatic rings. The minimum Gasteiger partial charge on any atom is -0.347 e. The Kier molecular flexibility index (Phi) is 5.72. The molecule has 0 unspecified atom stereocenters. The maximum atomic E-state index is 12.9. The van der Waals surface area contributed by atoms with Crippen molar-refractivity contribution in [3.8, 4) is 0 Å². The normalized spacial score (nSPS) is 13.9. The molecule has 0 aliphatic carbocycles. The molecular weight excluding hydrogens is 273 g/mol. The Morgan fingerprint density at radius 3 is 2.68 bits per heavy atom. The maximum absolute atomic E-state index is 12.9. The lowest BCUT2D eigenvalue weighted by Crippen LogP contribution is -2.51. The first kappa shape index (κ1) is 15.4. The summed E-state index contributed by atoms with van der Waals surface area (Å²) < 4.78 is 12.9. The van der Waals surface area contributed by atoms with E-state index in [2.05, 4.69) is 16.0 Å². The Morgan fingerprint density at radius 1 is 1.37 bits per heavy atom. The maximum Gasteiger partial charge on any atom is 0.243 e. The van der Waals surface area contributed by atoms with Crippen molar-refractivity contribution in [3.05, 3.63) is 30.1 Å². The summed E-state index contributed by atoms with van der Waals surface area (Å²) >= 11 is 0. The molecule has 104 valence electrons. The monoisotopic (exact) mass is 287 g/mol. The molecule has 7 heteroatoms. The van der Waals surface area contributed by atoms with Crippen LogP contribution in [0.2, 0.25) is 0 Å². The van der Waals surface area contributed by atoms with E-state index in [0.717, 1.165) is 0 Å². The average Bonchev–Trinajstić information content (AvgIpc) is 2.24. The topological polar surface area (TPSA) is 70.2 Å². The lowest BCUT2D eigenvalue weighted by Gasteiger charge is -2.25. The largest absolute Gasteiger partial charge is 0.347 e. The molecule has 3 N–H and O–H groups in total. The predicted octanol–water partition coefficient (Wildman–Crippen LogP) is 0.522. The summed E-state index contributed by atoms with van der Waals surface area (Å²) in [5, 5.41) is 8.01. The fourth-order valence-electron chi connectivity index (χ4n) is 1.56. The predicted molar refractivity (Wildman–Crippen MR) is 71.6 cm³/mol. The van der Waals surface area contributed by atoms with Gasteiger partial charge in [0.25, 0.3) is 0 Å². The molecule has 2 rings (SSSR count). The number of nitrogens with one attached hydrogen (secondary N) is 3. The van der Waals surface area contributed by atoms with E-state index in [1.54, 1.807) is 6.07 Å². The Morgan fingerprint density at radius 2 is 2.11 bits per heavy atom. The van der Waals surface area contributed by atoms with E-state index in [4.69, 9.17) is 0 Å². The van der Waals surface area contributed by atoms with Gasteiger partial charge in [0, 0.05) is 18.8 Å². The van der Waals surface area contributed by atoms with Gasteiger partial charge < -0.3 is 16.0 Å². The van der Waals surface area contributed by atoms with Crippen molar-refractivity contribution in [2.75, 3.05) is 25.0 Å². The Bertz CT molecular complexity index is 466. The molecule has 19 heavy (non-hydrogen) atoms. The summed E-state index contributed by atoms with van der Waals surface area (Å²) in [6, 6.07) is 5.60. The quantitative estimate of drug-likeness (QED) is 0.756. The molecule has 1 aliphatic heterocycles. The summed E-state index contributed by atoms with van der Waals surface area (Å²) in [7, 11) is 0. The van der Waals surface area contributed by atoms with Crippen LogP contribution in [0.1, 0.15) is 0 Å². The van der Waals surface area contributed by atoms with Crippen LogP contribution in [0.5, 0.6) is 0 Å². The van der Waals surface area contributed by atoms with Gasteiger partial charge in [0.15, 0.2) is 0 Å². The van der Waals surface area contributed by atoms with Gasteiger partial charge in [0.1, 0.15) is 5.82 Å². The highest BCUT2D eigenvalue weighted by Crippen LogP contribution is 2.08. The van der Waals surface area contributed by atoms with E-state index in [9.17, 15) is 14.0 Å². The molecule has 1 aromatic carbocycles. The van der Waals surface area contributed by atoms with E-state index >= 15 is 0 Å². The molecule has 0 saturated carbocycles. The van der Waals surface area contributed by atoms with E-state index in [1.807, 2.05) is 0 Å². The number of halogens is 2. The third-order valence-corrected chi connectivity index (χ3v) is 2.68. The number of carbonyl (C=O) groups excluding carboxylic acids is 2. The van der Waals surface area contributed by atoms with Gasteiger partial charge in [-0.25, -0.2) is 4.39 Å². The second-order valence-electron chi connectivity index (χ2n) is 4.13. The fraction of sp³-hybridized carbons (Fsp3) is 0.333. The molecule has 0 aromatic heterocycles. The lowest BCUT2D eigenvalue weighted by atomic mass is 10.0. The van der Waals surface area contributed by atoms with Gasteiger partial charge >= 0.3 is 0 Å². The van der Waals surface area contributed by atoms with E-state index in [1.165, 1.54) is 18.2 Å². The van der Waals surface area contributed by atoms with Gasteiger partial charge in [-0.2, -0.15) is 0 Å². The van der Waals surface area contributed by atoms with Gasteiger partial charge in [-0.15, -0.1) is 12.4 Å². The molecule has 0 atom stereocenters. The van der Waals surface area contributed by atoms with Crippen molar-refractivity contribution < 1.29 is 14.0 Å². The molecular formula is C12H15ClFN3O2. The Labute approximate surface area is 116 Å². The van der Waals surface area contributed by atoms with Crippen molar-refractivity contribution in [2.24, 2.45) is 5.92 Å². The van der Waals surface area contributed by atoms with Crippen LogP contribution in [0.25, 0.3) is 0 Å². The second kappa shape index (κ2) is 7.06. The van der Waals surface area contributed by atoms with Gasteiger partial charge in [0.2, 0.25) is 11.8 Å². The van der Waals surface area contributed by atoms with Crippen LogP contribution in [-0.4, -0.2) is 31.4 Å². The molecule has 1 saturated heterocycles. The van der Waals surface area contributed by atoms with Crippen LogP contribution in [0, 0.1) is 11.7 Å². The van der Waals surface area contributed by atoms with Crippen molar-refractivity contribution in [1.29, 1.82) is 0 Å². The first-order chi connectivity index (χ1) is 8.65. The number of carbonyl (C=O) groups is 2. The van der Waals surface area contributed by atoms with E-state index in [0.29, 0.717) is 18.8 Å². The van der Waals surface area contributed by atoms with Crippen molar-refractivity contribution >= 4 is 29.9 Å². The van der Waals surface area contributed by atoms with E-state index < -0.39 is 5.82 Å². The SMILES string of the molecule is Cl.O=C(CNC(=O)C1CNC1)Nc1cccc(F)c1. The molecule has 5 nitrogen and oxygen atoms in total. The fourth-order valence-corrected chi connectivity index (χ4v) is 1.56.